The van der Waals surface area contributed by atoms with Crippen molar-refractivity contribution in [3.05, 3.63) is 0 Å². The van der Waals surface area contributed by atoms with Crippen LogP contribution >= 0.6 is 0 Å². The molecule has 0 aliphatic carbocycles. The molecule has 0 aromatic rings. The van der Waals surface area contributed by atoms with E-state index in [-0.39, 0.29) is 6.04 Å². The summed E-state index contributed by atoms with van der Waals surface area (Å²) in [5.41, 5.74) is 32.3. The van der Waals surface area contributed by atoms with Gasteiger partial charge in [-0.3, -0.25) is 49.0 Å². The summed E-state index contributed by atoms with van der Waals surface area (Å²) in [4.78, 5) is 111. The fourth-order valence-corrected chi connectivity index (χ4v) is 15.4. The molecule has 6 amide bonds. The Bertz CT molecular complexity index is 3040. The molecule has 0 bridgehead atoms. The van der Waals surface area contributed by atoms with Crippen molar-refractivity contribution in [3.63, 3.8) is 0 Å². The maximum Gasteiger partial charge on any atom is 0.407 e. The van der Waals surface area contributed by atoms with Crippen molar-refractivity contribution >= 4 is 36.6 Å². The van der Waals surface area contributed by atoms with Gasteiger partial charge in [0.05, 0.1) is 0 Å². The molecule has 0 spiro atoms. The average molecular weight is 1980 g/mol. The van der Waals surface area contributed by atoms with Crippen molar-refractivity contribution in [1.29, 1.82) is 0 Å². The van der Waals surface area contributed by atoms with Crippen molar-refractivity contribution in [2.45, 2.75) is 253 Å². The molecule has 0 fully saturated rings. The molecule has 0 aliphatic heterocycles. The molecule has 0 aromatic carbocycles. The van der Waals surface area contributed by atoms with Gasteiger partial charge in [-0.1, -0.05) is 55.4 Å². The Morgan fingerprint density at radius 3 is 0.486 bits per heavy atom. The first kappa shape index (κ1) is 135. The Kier molecular flexibility index (Phi) is 73.8. The van der Waals surface area contributed by atoms with E-state index in [1.807, 2.05) is 125 Å². The summed E-state index contributed by atoms with van der Waals surface area (Å²) in [6.07, 6.45) is -2.82. The Hall–Kier alpha value is -5.18. The highest BCUT2D eigenvalue weighted by molar-refractivity contribution is 5.69. The number of nitrogens with two attached hydrogens (primary N) is 6. The number of ether oxygens (including phenoxy) is 6. The highest BCUT2D eigenvalue weighted by Gasteiger charge is 2.27. The maximum absolute atomic E-state index is 13.1. The number of amides is 6. The van der Waals surface area contributed by atoms with Crippen LogP contribution in [0.1, 0.15) is 208 Å². The summed E-state index contributed by atoms with van der Waals surface area (Å²) in [6.45, 7) is 99.2. The van der Waals surface area contributed by atoms with Crippen LogP contribution in [-0.4, -0.2) is 491 Å². The fourth-order valence-electron chi connectivity index (χ4n) is 15.4. The van der Waals surface area contributed by atoms with E-state index in [9.17, 15) is 28.8 Å². The number of nitrogens with one attached hydrogen (secondary N) is 6. The van der Waals surface area contributed by atoms with Gasteiger partial charge in [0.25, 0.3) is 0 Å². The van der Waals surface area contributed by atoms with Crippen LogP contribution in [0, 0.1) is 23.7 Å². The van der Waals surface area contributed by atoms with E-state index in [1.165, 1.54) is 0 Å². The highest BCUT2D eigenvalue weighted by Crippen LogP contribution is 2.15. The topological polar surface area (TPSA) is 431 Å². The number of hydrogen-bond acceptors (Lipinski definition) is 32. The van der Waals surface area contributed by atoms with E-state index in [1.54, 1.807) is 0 Å². The fraction of sp³-hybridized carbons (Fsp3) is 0.940. The first-order valence-electron chi connectivity index (χ1n) is 52.5. The van der Waals surface area contributed by atoms with Gasteiger partial charge in [-0.2, -0.15) is 0 Å². The largest absolute Gasteiger partial charge is 0.444 e. The smallest absolute Gasteiger partial charge is 0.407 e. The lowest BCUT2D eigenvalue weighted by Gasteiger charge is -2.34. The number of carbonyl (C=O) groups is 6. The van der Waals surface area contributed by atoms with E-state index in [0.29, 0.717) is 220 Å². The highest BCUT2D eigenvalue weighted by atomic mass is 16.6. The Morgan fingerprint density at radius 1 is 0.188 bits per heavy atom. The predicted molar refractivity (Wildman–Crippen MR) is 570 cm³/mol. The lowest BCUT2D eigenvalue weighted by atomic mass is 10.2. The average Bonchev–Trinajstić information content (AvgIpc) is 0.906. The monoisotopic (exact) mass is 1980 g/mol. The second-order valence-corrected chi connectivity index (χ2v) is 45.1. The lowest BCUT2D eigenvalue weighted by Crippen LogP contribution is -2.49. The van der Waals surface area contributed by atoms with Crippen LogP contribution in [0.15, 0.2) is 0 Å². The van der Waals surface area contributed by atoms with Crippen molar-refractivity contribution in [2.24, 2.45) is 58.1 Å². The maximum atomic E-state index is 13.1. The Morgan fingerprint density at radius 2 is 0.319 bits per heavy atom. The number of nitrogens with zero attached hydrogens (tertiary/aromatic N) is 14. The molecule has 38 heteroatoms. The molecular formula is C100H218N26O12. The van der Waals surface area contributed by atoms with Crippen molar-refractivity contribution in [2.75, 3.05) is 340 Å². The molecule has 38 nitrogen and oxygen atoms in total. The van der Waals surface area contributed by atoms with E-state index in [2.05, 4.69) is 184 Å². The third kappa shape index (κ3) is 83.2. The van der Waals surface area contributed by atoms with E-state index >= 15 is 0 Å². The second-order valence-electron chi connectivity index (χ2n) is 45.1. The molecule has 138 heavy (non-hydrogen) atoms. The molecule has 0 unspecified atom stereocenters. The first-order valence-corrected chi connectivity index (χ1v) is 52.5. The molecule has 0 atom stereocenters. The summed E-state index contributed by atoms with van der Waals surface area (Å²) in [5.74, 6) is 1.97. The van der Waals surface area contributed by atoms with Crippen LogP contribution in [0.25, 0.3) is 0 Å². The number of alkyl carbamates (subject to hydrolysis) is 6. The van der Waals surface area contributed by atoms with Gasteiger partial charge in [0.1, 0.15) is 33.6 Å². The zero-order chi connectivity index (χ0) is 105. The van der Waals surface area contributed by atoms with Crippen molar-refractivity contribution < 1.29 is 57.2 Å². The summed E-state index contributed by atoms with van der Waals surface area (Å²) in [6, 6.07) is 0.666. The van der Waals surface area contributed by atoms with Crippen molar-refractivity contribution in [1.82, 2.24) is 100 Å². The molecule has 820 valence electrons. The minimum absolute atomic E-state index is 0.181. The minimum atomic E-state index is -0.672. The molecule has 0 aromatic heterocycles. The zero-order valence-corrected chi connectivity index (χ0v) is 93.9. The lowest BCUT2D eigenvalue weighted by molar-refractivity contribution is 0.0500. The second kappa shape index (κ2) is 75.5. The Balaban J connectivity index is 0. The summed E-state index contributed by atoms with van der Waals surface area (Å²) in [7, 11) is 0. The molecule has 0 rings (SSSR count). The third-order valence-electron chi connectivity index (χ3n) is 21.9. The number of hydrogen-bond donors (Lipinski definition) is 12. The van der Waals surface area contributed by atoms with E-state index in [0.717, 1.165) is 151 Å². The minimum Gasteiger partial charge on any atom is -0.444 e. The van der Waals surface area contributed by atoms with Crippen molar-refractivity contribution in [3.8, 4) is 0 Å². The van der Waals surface area contributed by atoms with Crippen LogP contribution in [-0.2, 0) is 28.4 Å². The normalized spacial score (nSPS) is 12.9. The zero-order valence-electron chi connectivity index (χ0n) is 93.9. The molecule has 0 saturated carbocycles. The van der Waals surface area contributed by atoms with Gasteiger partial charge < -0.3 is 114 Å². The molecule has 18 N–H and O–H groups in total. The first-order chi connectivity index (χ1) is 64.3. The summed E-state index contributed by atoms with van der Waals surface area (Å²) >= 11 is 0. The standard InChI is InChI=1S/C65H133N13O12.C35H85N13/c1-51(2)49-76(34-28-69-57(82)88-63(16,17)18)45-43-73(32-26-67-55(80)86-61(10,11)12)38-37-72(31-25-66-54(79)85-60(7,8)9)39-41-75(44-46-77(50-52(3)4)35-29-70-58(83)89-64(19,20)21)42-40-74(33-27-68-56(81)87-62(13,14)15)47-48-78(53(5)6)36-30-71-59(84)90-65(22,23)24;1-33(2)31-46(16-10-39)27-25-43(14-8-37)20-19-42(13-7-36)21-23-45(26-28-47(17-11-40)32-34(3)4)24-22-44(15-9-38)29-30-48(18-12-41)35(5)6/h51-53H,25-50H2,1-24H3,(H,66,79)(H,67,80)(H,68,81)(H,69,82)(H,70,83)(H,71,84);33-35H,7-32,36-41H2,1-6H3. The van der Waals surface area contributed by atoms with E-state index < -0.39 is 70.2 Å². The molecular weight excluding hydrogens is 1760 g/mol. The molecule has 0 aliphatic rings. The SMILES string of the molecule is CC(C)CN(CCN)CCN(CCN)CCN(CCN)CCN(CCN(CCN)CCN(CCN)C(C)C)CCN(CCN)CC(C)C.CC(C)CN(CCNC(=O)OC(C)(C)C)CCN(CCNC(=O)OC(C)(C)C)CCN(CCNC(=O)OC(C)(C)C)CCN(CCN(CCNC(=O)OC(C)(C)C)CCN(CCNC(=O)OC(C)(C)C)C(C)C)CCN(CCNC(=O)OC(C)(C)C)CC(C)C. The van der Waals surface area contributed by atoms with Gasteiger partial charge in [0.2, 0.25) is 0 Å². The van der Waals surface area contributed by atoms with Crippen LogP contribution in [0.3, 0.4) is 0 Å². The van der Waals surface area contributed by atoms with Gasteiger partial charge in [-0.25, -0.2) is 28.8 Å². The molecule has 0 saturated heterocycles. The quantitative estimate of drug-likeness (QED) is 0.0287. The van der Waals surface area contributed by atoms with Gasteiger partial charge in [0.15, 0.2) is 0 Å². The van der Waals surface area contributed by atoms with E-state index in [4.69, 9.17) is 62.8 Å². The number of carbonyl (C=O) groups excluding carboxylic acids is 6. The molecule has 0 radical (unpaired) electrons. The van der Waals surface area contributed by atoms with Gasteiger partial charge in [-0.05, 0) is 176 Å². The van der Waals surface area contributed by atoms with Gasteiger partial charge in [0, 0.05) is 352 Å². The van der Waals surface area contributed by atoms with Crippen LogP contribution < -0.4 is 66.3 Å². The summed E-state index contributed by atoms with van der Waals surface area (Å²) in [5, 5.41) is 17.7. The number of rotatable bonds is 76. The van der Waals surface area contributed by atoms with Crippen LogP contribution in [0.4, 0.5) is 28.8 Å². The predicted octanol–water partition coefficient (Wildman–Crippen LogP) is 6.54. The van der Waals surface area contributed by atoms with Gasteiger partial charge in [-0.15, -0.1) is 0 Å². The van der Waals surface area contributed by atoms with Crippen LogP contribution in [0.5, 0.6) is 0 Å². The Labute approximate surface area is 842 Å². The third-order valence-corrected chi connectivity index (χ3v) is 21.9. The summed E-state index contributed by atoms with van der Waals surface area (Å²) < 4.78 is 33.4. The van der Waals surface area contributed by atoms with Gasteiger partial charge >= 0.3 is 36.6 Å². The van der Waals surface area contributed by atoms with Crippen LogP contribution in [0.2, 0.25) is 0 Å². The molecule has 0 heterocycles.